The molecule has 3 aliphatic rings. The van der Waals surface area contributed by atoms with Gasteiger partial charge in [-0.3, -0.25) is 5.21 Å². The minimum Gasteiger partial charge on any atom is -0.393 e. The molecule has 2 amide bonds. The molecule has 1 aromatic carbocycles. The van der Waals surface area contributed by atoms with Crippen LogP contribution in [0, 0.1) is 5.92 Å². The van der Waals surface area contributed by atoms with Crippen LogP contribution in [0.3, 0.4) is 0 Å². The van der Waals surface area contributed by atoms with Gasteiger partial charge < -0.3 is 14.6 Å². The molecule has 0 spiro atoms. The van der Waals surface area contributed by atoms with Gasteiger partial charge in [0.25, 0.3) is 0 Å². The second-order valence-electron chi connectivity index (χ2n) is 8.28. The van der Waals surface area contributed by atoms with Crippen molar-refractivity contribution in [3.05, 3.63) is 42.4 Å². The van der Waals surface area contributed by atoms with Crippen molar-refractivity contribution in [1.29, 1.82) is 0 Å². The number of piperidine rings is 1. The Morgan fingerprint density at radius 1 is 1.21 bits per heavy atom. The smallest absolute Gasteiger partial charge is 0.343 e. The molecule has 148 valence electrons. The van der Waals surface area contributed by atoms with Crippen LogP contribution >= 0.6 is 0 Å². The zero-order valence-electron chi connectivity index (χ0n) is 15.8. The van der Waals surface area contributed by atoms with Crippen LogP contribution in [0.15, 0.2) is 36.8 Å². The van der Waals surface area contributed by atoms with Gasteiger partial charge in [-0.05, 0) is 43.6 Å². The van der Waals surface area contributed by atoms with E-state index in [4.69, 9.17) is 0 Å². The van der Waals surface area contributed by atoms with Crippen molar-refractivity contribution >= 4 is 6.03 Å². The molecule has 3 heterocycles. The minimum absolute atomic E-state index is 0.00243. The van der Waals surface area contributed by atoms with E-state index in [-0.39, 0.29) is 24.0 Å². The Kier molecular flexibility index (Phi) is 4.36. The van der Waals surface area contributed by atoms with Gasteiger partial charge in [-0.2, -0.15) is 0 Å². The summed E-state index contributed by atoms with van der Waals surface area (Å²) in [7, 11) is 0. The first kappa shape index (κ1) is 17.7. The second kappa shape index (κ2) is 6.90. The summed E-state index contributed by atoms with van der Waals surface area (Å²) in [5.41, 5.74) is 3.55. The van der Waals surface area contributed by atoms with Gasteiger partial charge in [0, 0.05) is 18.7 Å². The van der Waals surface area contributed by atoms with Gasteiger partial charge in [0.1, 0.15) is 0 Å². The number of aromatic nitrogens is 2. The number of carbonyl (C=O) groups excluding carboxylic acids is 1. The van der Waals surface area contributed by atoms with E-state index in [0.29, 0.717) is 19.5 Å². The van der Waals surface area contributed by atoms with E-state index in [1.165, 1.54) is 11.1 Å². The van der Waals surface area contributed by atoms with Gasteiger partial charge in [-0.1, -0.05) is 24.3 Å². The number of imidazole rings is 1. The second-order valence-corrected chi connectivity index (χ2v) is 8.28. The number of urea groups is 1. The quantitative estimate of drug-likeness (QED) is 0.629. The van der Waals surface area contributed by atoms with Gasteiger partial charge in [0.05, 0.1) is 36.4 Å². The average molecular weight is 382 g/mol. The van der Waals surface area contributed by atoms with Crippen LogP contribution in [0.2, 0.25) is 0 Å². The number of benzene rings is 1. The summed E-state index contributed by atoms with van der Waals surface area (Å²) in [5, 5.41) is 21.8. The maximum atomic E-state index is 12.3. The molecule has 0 bridgehead atoms. The Morgan fingerprint density at radius 2 is 1.96 bits per heavy atom. The van der Waals surface area contributed by atoms with E-state index >= 15 is 0 Å². The summed E-state index contributed by atoms with van der Waals surface area (Å²) < 4.78 is 2.16. The molecule has 1 saturated carbocycles. The van der Waals surface area contributed by atoms with Crippen LogP contribution in [0.1, 0.15) is 43.7 Å². The maximum Gasteiger partial charge on any atom is 0.343 e. The van der Waals surface area contributed by atoms with Crippen molar-refractivity contribution in [3.63, 3.8) is 0 Å². The van der Waals surface area contributed by atoms with E-state index < -0.39 is 6.10 Å². The number of aliphatic hydroxyl groups excluding tert-OH is 1. The fourth-order valence-electron chi connectivity index (χ4n) is 4.69. The number of aliphatic hydroxyl groups is 1. The highest BCUT2D eigenvalue weighted by atomic mass is 16.5. The molecule has 2 aromatic rings. The fourth-order valence-corrected chi connectivity index (χ4v) is 4.69. The van der Waals surface area contributed by atoms with Crippen LogP contribution in [0.25, 0.3) is 11.3 Å². The van der Waals surface area contributed by atoms with Crippen LogP contribution in [0.5, 0.6) is 0 Å². The predicted molar refractivity (Wildman–Crippen MR) is 103 cm³/mol. The topological polar surface area (TPSA) is 81.8 Å². The van der Waals surface area contributed by atoms with Crippen molar-refractivity contribution in [1.82, 2.24) is 19.5 Å². The molecule has 1 saturated heterocycles. The monoisotopic (exact) mass is 382 g/mol. The van der Waals surface area contributed by atoms with Crippen molar-refractivity contribution in [2.24, 2.45) is 5.92 Å². The lowest BCUT2D eigenvalue weighted by Gasteiger charge is -2.36. The van der Waals surface area contributed by atoms with Crippen LogP contribution in [-0.2, 0) is 0 Å². The van der Waals surface area contributed by atoms with Crippen LogP contribution in [-0.4, -0.2) is 61.1 Å². The van der Waals surface area contributed by atoms with Gasteiger partial charge in [0.15, 0.2) is 0 Å². The first-order valence-corrected chi connectivity index (χ1v) is 10.2. The van der Waals surface area contributed by atoms with Crippen LogP contribution < -0.4 is 0 Å². The third kappa shape index (κ3) is 2.99. The Morgan fingerprint density at radius 3 is 2.71 bits per heavy atom. The molecule has 5 rings (SSSR count). The number of hydroxylamine groups is 2. The molecule has 7 nitrogen and oxygen atoms in total. The fraction of sp³-hybridized carbons (Fsp3) is 0.524. The van der Waals surface area contributed by atoms with Crippen molar-refractivity contribution < 1.29 is 15.1 Å². The van der Waals surface area contributed by atoms with E-state index in [2.05, 4.69) is 21.7 Å². The van der Waals surface area contributed by atoms with Crippen molar-refractivity contribution in [3.8, 4) is 11.3 Å². The highest BCUT2D eigenvalue weighted by Gasteiger charge is 2.37. The maximum absolute atomic E-state index is 12.3. The van der Waals surface area contributed by atoms with E-state index in [9.17, 15) is 15.1 Å². The molecule has 2 unspecified atom stereocenters. The van der Waals surface area contributed by atoms with E-state index in [0.717, 1.165) is 36.4 Å². The normalized spacial score (nSPS) is 22.6. The van der Waals surface area contributed by atoms with Crippen LogP contribution in [0.4, 0.5) is 4.79 Å². The van der Waals surface area contributed by atoms with Crippen molar-refractivity contribution in [2.75, 3.05) is 13.1 Å². The van der Waals surface area contributed by atoms with E-state index in [1.54, 1.807) is 4.90 Å². The third-order valence-electron chi connectivity index (χ3n) is 6.51. The lowest BCUT2D eigenvalue weighted by atomic mass is 9.86. The number of amides is 2. The standard InChI is InChI=1S/C21H26N4O3/c26-20(14-7-9-23(10-8-14)21(27)25(28)15-5-6-15)11-18-16-3-1-2-4-17(16)19-12-22-13-24(18)19/h1-4,12-15,18,20,26,28H,5-11H2. The predicted octanol–water partition coefficient (Wildman–Crippen LogP) is 2.89. The molecule has 28 heavy (non-hydrogen) atoms. The molecule has 2 fully saturated rings. The van der Waals surface area contributed by atoms with Gasteiger partial charge >= 0.3 is 6.03 Å². The lowest BCUT2D eigenvalue weighted by Crippen LogP contribution is -2.47. The molecular weight excluding hydrogens is 356 g/mol. The molecule has 0 radical (unpaired) electrons. The lowest BCUT2D eigenvalue weighted by molar-refractivity contribution is -0.0682. The Labute approximate surface area is 164 Å². The summed E-state index contributed by atoms with van der Waals surface area (Å²) in [6.07, 6.45) is 7.24. The largest absolute Gasteiger partial charge is 0.393 e. The number of fused-ring (bicyclic) bond motifs is 3. The minimum atomic E-state index is -0.433. The summed E-state index contributed by atoms with van der Waals surface area (Å²) in [4.78, 5) is 18.3. The van der Waals surface area contributed by atoms with Gasteiger partial charge in [-0.25, -0.2) is 14.8 Å². The Balaban J connectivity index is 1.23. The number of likely N-dealkylation sites (tertiary alicyclic amines) is 1. The highest BCUT2D eigenvalue weighted by molar-refractivity contribution is 5.74. The molecule has 7 heteroatoms. The summed E-state index contributed by atoms with van der Waals surface area (Å²) in [6, 6.07) is 8.14. The van der Waals surface area contributed by atoms with E-state index in [1.807, 2.05) is 24.7 Å². The third-order valence-corrected chi connectivity index (χ3v) is 6.51. The number of hydrogen-bond donors (Lipinski definition) is 2. The summed E-state index contributed by atoms with van der Waals surface area (Å²) >= 11 is 0. The molecule has 1 aromatic heterocycles. The molecule has 1 aliphatic carbocycles. The Hall–Kier alpha value is -2.38. The molecular formula is C21H26N4O3. The zero-order chi connectivity index (χ0) is 19.3. The summed E-state index contributed by atoms with van der Waals surface area (Å²) in [6.45, 7) is 1.17. The average Bonchev–Trinajstić information content (AvgIpc) is 3.40. The summed E-state index contributed by atoms with van der Waals surface area (Å²) in [5.74, 6) is 0.164. The highest BCUT2D eigenvalue weighted by Crippen LogP contribution is 2.42. The van der Waals surface area contributed by atoms with Gasteiger partial charge in [0.2, 0.25) is 0 Å². The molecule has 2 atom stereocenters. The van der Waals surface area contributed by atoms with Crippen molar-refractivity contribution in [2.45, 2.75) is 50.3 Å². The molecule has 2 aliphatic heterocycles. The number of carbonyl (C=O) groups is 1. The number of nitrogens with zero attached hydrogens (tertiary/aromatic N) is 4. The zero-order valence-corrected chi connectivity index (χ0v) is 15.8. The SMILES string of the molecule is O=C(N1CCC(C(O)CC2c3ccccc3-c3cncn32)CC1)N(O)C1CC1. The Bertz CT molecular complexity index is 870. The molecule has 2 N–H and O–H groups in total. The van der Waals surface area contributed by atoms with Gasteiger partial charge in [-0.15, -0.1) is 0 Å². The first-order valence-electron chi connectivity index (χ1n) is 10.2. The first-order chi connectivity index (χ1) is 13.6. The number of rotatable bonds is 4. The number of hydrogen-bond acceptors (Lipinski definition) is 4.